The van der Waals surface area contributed by atoms with Crippen molar-refractivity contribution in [2.24, 2.45) is 5.73 Å². The van der Waals surface area contributed by atoms with Gasteiger partial charge in [-0.1, -0.05) is 24.4 Å². The van der Waals surface area contributed by atoms with Gasteiger partial charge in [-0.25, -0.2) is 8.42 Å². The van der Waals surface area contributed by atoms with E-state index in [-0.39, 0.29) is 10.7 Å². The molecular formula is C12H15F3N2O2S2. The molecule has 2 N–H and O–H groups in total. The minimum atomic E-state index is -4.37. The zero-order valence-electron chi connectivity index (χ0n) is 11.2. The summed E-state index contributed by atoms with van der Waals surface area (Å²) < 4.78 is 61.3. The largest absolute Gasteiger partial charge is 0.389 e. The molecule has 0 atom stereocenters. The number of alkyl halides is 3. The number of hydrogen-bond acceptors (Lipinski definition) is 3. The Morgan fingerprint density at radius 1 is 1.33 bits per heavy atom. The SMILES string of the molecule is CN(c1ccccc1C(N)=S)S(=O)(=O)CCCC(F)(F)F. The standard InChI is InChI=1S/C12H15F3N2O2S2/c1-17(10-6-3-2-5-9(10)11(16)20)21(18,19)8-4-7-12(13,14)15/h2-3,5-6H,4,7-8H2,1H3,(H2,16,20). The first kappa shape index (κ1) is 17.7. The summed E-state index contributed by atoms with van der Waals surface area (Å²) >= 11 is 4.84. The molecule has 21 heavy (non-hydrogen) atoms. The van der Waals surface area contributed by atoms with Crippen molar-refractivity contribution in [2.75, 3.05) is 17.1 Å². The predicted octanol–water partition coefficient (Wildman–Crippen LogP) is 2.43. The second-order valence-electron chi connectivity index (χ2n) is 4.38. The Morgan fingerprint density at radius 3 is 2.43 bits per heavy atom. The van der Waals surface area contributed by atoms with E-state index in [9.17, 15) is 21.6 Å². The lowest BCUT2D eigenvalue weighted by Gasteiger charge is -2.22. The zero-order valence-corrected chi connectivity index (χ0v) is 12.9. The van der Waals surface area contributed by atoms with Gasteiger partial charge in [-0.05, 0) is 18.6 Å². The fraction of sp³-hybridized carbons (Fsp3) is 0.417. The Morgan fingerprint density at radius 2 is 1.90 bits per heavy atom. The van der Waals surface area contributed by atoms with E-state index < -0.39 is 34.8 Å². The van der Waals surface area contributed by atoms with Crippen LogP contribution < -0.4 is 10.0 Å². The first-order valence-electron chi connectivity index (χ1n) is 5.97. The van der Waals surface area contributed by atoms with Gasteiger partial charge in [0.05, 0.1) is 11.4 Å². The number of sulfonamides is 1. The van der Waals surface area contributed by atoms with Crippen LogP contribution in [0.3, 0.4) is 0 Å². The van der Waals surface area contributed by atoms with E-state index in [2.05, 4.69) is 0 Å². The van der Waals surface area contributed by atoms with E-state index in [4.69, 9.17) is 18.0 Å². The van der Waals surface area contributed by atoms with Crippen LogP contribution in [0.2, 0.25) is 0 Å². The summed E-state index contributed by atoms with van der Waals surface area (Å²) in [6, 6.07) is 6.29. The van der Waals surface area contributed by atoms with Crippen molar-refractivity contribution in [2.45, 2.75) is 19.0 Å². The molecule has 0 bridgehead atoms. The number of hydrogen-bond donors (Lipinski definition) is 1. The first-order valence-corrected chi connectivity index (χ1v) is 7.98. The lowest BCUT2D eigenvalue weighted by Crippen LogP contribution is -2.31. The molecule has 0 radical (unpaired) electrons. The topological polar surface area (TPSA) is 63.4 Å². The minimum Gasteiger partial charge on any atom is -0.389 e. The van der Waals surface area contributed by atoms with Gasteiger partial charge in [-0.2, -0.15) is 13.2 Å². The molecule has 1 aromatic carbocycles. The van der Waals surface area contributed by atoms with Crippen LogP contribution in [0.25, 0.3) is 0 Å². The molecule has 0 heterocycles. The smallest absolute Gasteiger partial charge is 0.389 e. The Kier molecular flexibility index (Phi) is 5.57. The predicted molar refractivity (Wildman–Crippen MR) is 79.8 cm³/mol. The average molecular weight is 340 g/mol. The molecule has 0 unspecified atom stereocenters. The summed E-state index contributed by atoms with van der Waals surface area (Å²) in [4.78, 5) is 0.0166. The molecule has 4 nitrogen and oxygen atoms in total. The highest BCUT2D eigenvalue weighted by Crippen LogP contribution is 2.25. The number of benzene rings is 1. The summed E-state index contributed by atoms with van der Waals surface area (Å²) in [7, 11) is -2.61. The minimum absolute atomic E-state index is 0.0166. The van der Waals surface area contributed by atoms with Crippen LogP contribution in [0.15, 0.2) is 24.3 Å². The molecule has 0 aliphatic rings. The van der Waals surface area contributed by atoms with Crippen LogP contribution in [0, 0.1) is 0 Å². The van der Waals surface area contributed by atoms with Gasteiger partial charge in [0.2, 0.25) is 10.0 Å². The van der Waals surface area contributed by atoms with Crippen LogP contribution in [0.5, 0.6) is 0 Å². The van der Waals surface area contributed by atoms with Gasteiger partial charge >= 0.3 is 6.18 Å². The number of nitrogens with two attached hydrogens (primary N) is 1. The third-order valence-electron chi connectivity index (χ3n) is 2.79. The van der Waals surface area contributed by atoms with E-state index >= 15 is 0 Å². The van der Waals surface area contributed by atoms with Gasteiger partial charge in [0.15, 0.2) is 0 Å². The van der Waals surface area contributed by atoms with Crippen molar-refractivity contribution in [3.63, 3.8) is 0 Å². The van der Waals surface area contributed by atoms with Crippen molar-refractivity contribution >= 4 is 32.9 Å². The maximum atomic E-state index is 12.1. The van der Waals surface area contributed by atoms with Crippen molar-refractivity contribution in [1.29, 1.82) is 0 Å². The molecular weight excluding hydrogens is 325 g/mol. The van der Waals surface area contributed by atoms with Crippen LogP contribution in [0.1, 0.15) is 18.4 Å². The molecule has 0 aliphatic heterocycles. The van der Waals surface area contributed by atoms with Gasteiger partial charge in [0, 0.05) is 19.0 Å². The molecule has 0 aliphatic carbocycles. The van der Waals surface area contributed by atoms with Gasteiger partial charge < -0.3 is 5.73 Å². The Bertz CT molecular complexity index is 615. The highest BCUT2D eigenvalue weighted by Gasteiger charge is 2.29. The Balaban J connectivity index is 2.92. The third-order valence-corrected chi connectivity index (χ3v) is 4.84. The molecule has 1 rings (SSSR count). The highest BCUT2D eigenvalue weighted by atomic mass is 32.2. The fourth-order valence-electron chi connectivity index (χ4n) is 1.70. The van der Waals surface area contributed by atoms with E-state index in [0.717, 1.165) is 4.31 Å². The summed E-state index contributed by atoms with van der Waals surface area (Å²) in [5, 5.41) is 0. The monoisotopic (exact) mass is 340 g/mol. The molecule has 1 aromatic rings. The maximum Gasteiger partial charge on any atom is 0.389 e. The first-order chi connectivity index (χ1) is 9.54. The summed E-state index contributed by atoms with van der Waals surface area (Å²) in [5.41, 5.74) is 6.12. The van der Waals surface area contributed by atoms with E-state index in [0.29, 0.717) is 5.56 Å². The number of thiocarbonyl (C=S) groups is 1. The number of anilines is 1. The van der Waals surface area contributed by atoms with Gasteiger partial charge in [0.1, 0.15) is 4.99 Å². The van der Waals surface area contributed by atoms with E-state index in [1.807, 2.05) is 0 Å². The zero-order chi connectivity index (χ0) is 16.3. The molecule has 118 valence electrons. The van der Waals surface area contributed by atoms with Gasteiger partial charge in [-0.3, -0.25) is 4.31 Å². The van der Waals surface area contributed by atoms with E-state index in [1.54, 1.807) is 18.2 Å². The summed E-state index contributed by atoms with van der Waals surface area (Å²) in [6.07, 6.45) is -6.01. The third kappa shape index (κ3) is 5.16. The Hall–Kier alpha value is -1.35. The quantitative estimate of drug-likeness (QED) is 0.808. The van der Waals surface area contributed by atoms with Crippen LogP contribution in [-0.2, 0) is 10.0 Å². The maximum absolute atomic E-state index is 12.1. The fourth-order valence-corrected chi connectivity index (χ4v) is 3.11. The number of rotatable bonds is 6. The number of nitrogens with zero attached hydrogens (tertiary/aromatic N) is 1. The normalized spacial score (nSPS) is 12.2. The molecule has 9 heteroatoms. The molecule has 0 aromatic heterocycles. The van der Waals surface area contributed by atoms with E-state index in [1.165, 1.54) is 13.1 Å². The molecule has 0 amide bonds. The second-order valence-corrected chi connectivity index (χ2v) is 6.94. The average Bonchev–Trinajstić information content (AvgIpc) is 2.35. The van der Waals surface area contributed by atoms with Crippen molar-refractivity contribution in [3.8, 4) is 0 Å². The van der Waals surface area contributed by atoms with Crippen LogP contribution in [0.4, 0.5) is 18.9 Å². The van der Waals surface area contributed by atoms with Gasteiger partial charge in [0.25, 0.3) is 0 Å². The lowest BCUT2D eigenvalue weighted by molar-refractivity contribution is -0.134. The van der Waals surface area contributed by atoms with Crippen molar-refractivity contribution in [1.82, 2.24) is 0 Å². The van der Waals surface area contributed by atoms with Crippen molar-refractivity contribution < 1.29 is 21.6 Å². The van der Waals surface area contributed by atoms with Crippen LogP contribution >= 0.6 is 12.2 Å². The second kappa shape index (κ2) is 6.61. The molecule has 0 saturated heterocycles. The molecule has 0 saturated carbocycles. The Labute approximate surface area is 126 Å². The van der Waals surface area contributed by atoms with Crippen molar-refractivity contribution in [3.05, 3.63) is 29.8 Å². The summed E-state index contributed by atoms with van der Waals surface area (Å²) in [5.74, 6) is -0.603. The molecule has 0 fully saturated rings. The number of para-hydroxylation sites is 1. The van der Waals surface area contributed by atoms with Gasteiger partial charge in [-0.15, -0.1) is 0 Å². The number of halogens is 3. The molecule has 0 spiro atoms. The highest BCUT2D eigenvalue weighted by molar-refractivity contribution is 7.92. The van der Waals surface area contributed by atoms with Crippen LogP contribution in [-0.4, -0.2) is 32.4 Å². The lowest BCUT2D eigenvalue weighted by atomic mass is 10.2. The summed E-state index contributed by atoms with van der Waals surface area (Å²) in [6.45, 7) is 0.